The van der Waals surface area contributed by atoms with Gasteiger partial charge in [-0.15, -0.1) is 11.3 Å². The molecule has 2 unspecified atom stereocenters. The van der Waals surface area contributed by atoms with Gasteiger partial charge in [-0.25, -0.2) is 0 Å². The van der Waals surface area contributed by atoms with Gasteiger partial charge in [0.1, 0.15) is 18.4 Å². The van der Waals surface area contributed by atoms with E-state index >= 15 is 0 Å². The Morgan fingerprint density at radius 3 is 3.00 bits per heavy atom. The van der Waals surface area contributed by atoms with E-state index in [1.165, 1.54) is 0 Å². The maximum absolute atomic E-state index is 6.15. The first-order chi connectivity index (χ1) is 10.3. The van der Waals surface area contributed by atoms with Gasteiger partial charge in [0.15, 0.2) is 5.82 Å². The molecular weight excluding hydrogens is 286 g/mol. The van der Waals surface area contributed by atoms with Crippen molar-refractivity contribution in [1.82, 2.24) is 10.1 Å². The standard InChI is InChI=1S/C15H13N3O2S/c16-13(12-6-3-7-21-12)15-17-14(18-20-15)10-8-19-11-5-2-1-4-9(10)11/h1-7,10,13H,8,16H2. The Bertz CT molecular complexity index is 754. The molecule has 2 aromatic heterocycles. The summed E-state index contributed by atoms with van der Waals surface area (Å²) >= 11 is 1.58. The molecule has 0 radical (unpaired) electrons. The highest BCUT2D eigenvalue weighted by atomic mass is 32.1. The molecule has 0 bridgehead atoms. The molecular formula is C15H13N3O2S. The Balaban J connectivity index is 1.64. The van der Waals surface area contributed by atoms with E-state index in [1.807, 2.05) is 41.8 Å². The third-order valence-electron chi connectivity index (χ3n) is 3.58. The van der Waals surface area contributed by atoms with Gasteiger partial charge in [-0.1, -0.05) is 29.4 Å². The predicted octanol–water partition coefficient (Wildman–Crippen LogP) is 2.70. The number of benzene rings is 1. The van der Waals surface area contributed by atoms with Crippen LogP contribution in [0.25, 0.3) is 0 Å². The van der Waals surface area contributed by atoms with Crippen molar-refractivity contribution in [2.45, 2.75) is 12.0 Å². The zero-order valence-corrected chi connectivity index (χ0v) is 11.9. The fourth-order valence-corrected chi connectivity index (χ4v) is 3.20. The highest BCUT2D eigenvalue weighted by molar-refractivity contribution is 7.10. The summed E-state index contributed by atoms with van der Waals surface area (Å²) in [6, 6.07) is 11.5. The summed E-state index contributed by atoms with van der Waals surface area (Å²) in [5.74, 6) is 1.96. The number of para-hydroxylation sites is 1. The smallest absolute Gasteiger partial charge is 0.249 e. The van der Waals surface area contributed by atoms with E-state index in [2.05, 4.69) is 10.1 Å². The van der Waals surface area contributed by atoms with Gasteiger partial charge in [0, 0.05) is 10.4 Å². The molecule has 5 nitrogen and oxygen atoms in total. The van der Waals surface area contributed by atoms with Crippen molar-refractivity contribution in [3.63, 3.8) is 0 Å². The van der Waals surface area contributed by atoms with Crippen LogP contribution in [0.2, 0.25) is 0 Å². The van der Waals surface area contributed by atoms with Gasteiger partial charge < -0.3 is 15.0 Å². The lowest BCUT2D eigenvalue weighted by molar-refractivity contribution is 0.330. The first kappa shape index (κ1) is 12.6. The average Bonchev–Trinajstić information content (AvgIpc) is 3.25. The second-order valence-corrected chi connectivity index (χ2v) is 5.86. The largest absolute Gasteiger partial charge is 0.492 e. The zero-order valence-electron chi connectivity index (χ0n) is 11.1. The summed E-state index contributed by atoms with van der Waals surface area (Å²) in [7, 11) is 0. The van der Waals surface area contributed by atoms with Crippen LogP contribution < -0.4 is 10.5 Å². The minimum absolute atomic E-state index is 0.00855. The summed E-state index contributed by atoms with van der Waals surface area (Å²) in [6.45, 7) is 0.534. The van der Waals surface area contributed by atoms with Crippen LogP contribution in [0.4, 0.5) is 0 Å². The molecule has 106 valence electrons. The van der Waals surface area contributed by atoms with E-state index in [1.54, 1.807) is 11.3 Å². The van der Waals surface area contributed by atoms with E-state index < -0.39 is 0 Å². The molecule has 3 aromatic rings. The number of nitrogens with two attached hydrogens (primary N) is 1. The maximum Gasteiger partial charge on any atom is 0.249 e. The van der Waals surface area contributed by atoms with Gasteiger partial charge in [-0.2, -0.15) is 4.98 Å². The summed E-state index contributed by atoms with van der Waals surface area (Å²) in [5, 5.41) is 6.07. The monoisotopic (exact) mass is 299 g/mol. The minimum Gasteiger partial charge on any atom is -0.492 e. The van der Waals surface area contributed by atoms with Crippen LogP contribution in [0.15, 0.2) is 46.3 Å². The molecule has 3 heterocycles. The van der Waals surface area contributed by atoms with Crippen LogP contribution in [0.3, 0.4) is 0 Å². The summed E-state index contributed by atoms with van der Waals surface area (Å²) in [4.78, 5) is 5.48. The van der Waals surface area contributed by atoms with Crippen LogP contribution in [0.5, 0.6) is 5.75 Å². The van der Waals surface area contributed by atoms with Gasteiger partial charge in [0.25, 0.3) is 0 Å². The normalized spacial score (nSPS) is 18.2. The Morgan fingerprint density at radius 2 is 2.14 bits per heavy atom. The minimum atomic E-state index is -0.371. The van der Waals surface area contributed by atoms with Crippen LogP contribution in [-0.2, 0) is 0 Å². The van der Waals surface area contributed by atoms with Crippen LogP contribution in [-0.4, -0.2) is 16.7 Å². The Morgan fingerprint density at radius 1 is 1.24 bits per heavy atom. The summed E-state index contributed by atoms with van der Waals surface area (Å²) < 4.78 is 11.0. The molecule has 2 N–H and O–H groups in total. The SMILES string of the molecule is NC(c1nc(C2COc3ccccc32)no1)c1cccs1. The number of rotatable bonds is 3. The van der Waals surface area contributed by atoms with Crippen LogP contribution in [0.1, 0.15) is 34.1 Å². The van der Waals surface area contributed by atoms with Crippen molar-refractivity contribution < 1.29 is 9.26 Å². The Labute approximate surface area is 125 Å². The first-order valence-corrected chi connectivity index (χ1v) is 7.55. The Kier molecular flexibility index (Phi) is 2.98. The molecule has 0 saturated heterocycles. The lowest BCUT2D eigenvalue weighted by Crippen LogP contribution is -2.11. The van der Waals surface area contributed by atoms with E-state index in [0.717, 1.165) is 16.2 Å². The molecule has 1 aliphatic rings. The molecule has 2 atom stereocenters. The number of ether oxygens (including phenoxy) is 1. The number of hydrogen-bond acceptors (Lipinski definition) is 6. The fraction of sp³-hybridized carbons (Fsp3) is 0.200. The third-order valence-corrected chi connectivity index (χ3v) is 4.54. The molecule has 6 heteroatoms. The van der Waals surface area contributed by atoms with E-state index in [9.17, 15) is 0 Å². The number of hydrogen-bond donors (Lipinski definition) is 1. The van der Waals surface area contributed by atoms with Crippen molar-refractivity contribution in [3.05, 3.63) is 63.9 Å². The van der Waals surface area contributed by atoms with Gasteiger partial charge in [0.05, 0.1) is 5.92 Å². The molecule has 0 amide bonds. The zero-order chi connectivity index (χ0) is 14.2. The maximum atomic E-state index is 6.15. The van der Waals surface area contributed by atoms with Gasteiger partial charge in [0.2, 0.25) is 5.89 Å². The second kappa shape index (κ2) is 4.98. The number of fused-ring (bicyclic) bond motifs is 1. The topological polar surface area (TPSA) is 74.2 Å². The number of nitrogens with zero attached hydrogens (tertiary/aromatic N) is 2. The second-order valence-electron chi connectivity index (χ2n) is 4.89. The van der Waals surface area contributed by atoms with Gasteiger partial charge >= 0.3 is 0 Å². The molecule has 1 aliphatic heterocycles. The van der Waals surface area contributed by atoms with Crippen molar-refractivity contribution in [2.24, 2.45) is 5.73 Å². The lowest BCUT2D eigenvalue weighted by atomic mass is 10.0. The fourth-order valence-electron chi connectivity index (χ4n) is 2.48. The Hall–Kier alpha value is -2.18. The first-order valence-electron chi connectivity index (χ1n) is 6.67. The highest BCUT2D eigenvalue weighted by Crippen LogP contribution is 2.37. The van der Waals surface area contributed by atoms with Crippen molar-refractivity contribution in [1.29, 1.82) is 0 Å². The molecule has 0 spiro atoms. The number of aromatic nitrogens is 2. The molecule has 0 fully saturated rings. The molecule has 4 rings (SSSR count). The molecule has 1 aromatic carbocycles. The third kappa shape index (κ3) is 2.12. The van der Waals surface area contributed by atoms with Crippen LogP contribution in [0, 0.1) is 0 Å². The van der Waals surface area contributed by atoms with Crippen LogP contribution >= 0.6 is 11.3 Å². The van der Waals surface area contributed by atoms with Crippen molar-refractivity contribution >= 4 is 11.3 Å². The molecule has 0 saturated carbocycles. The summed E-state index contributed by atoms with van der Waals surface area (Å²) in [5.41, 5.74) is 7.24. The van der Waals surface area contributed by atoms with Gasteiger partial charge in [-0.05, 0) is 17.5 Å². The lowest BCUT2D eigenvalue weighted by Gasteiger charge is -2.03. The van der Waals surface area contributed by atoms with E-state index in [-0.39, 0.29) is 12.0 Å². The highest BCUT2D eigenvalue weighted by Gasteiger charge is 2.30. The number of thiophene rings is 1. The van der Waals surface area contributed by atoms with Crippen molar-refractivity contribution in [2.75, 3.05) is 6.61 Å². The predicted molar refractivity (Wildman–Crippen MR) is 78.4 cm³/mol. The summed E-state index contributed by atoms with van der Waals surface area (Å²) in [6.07, 6.45) is 0. The molecule has 21 heavy (non-hydrogen) atoms. The quantitative estimate of drug-likeness (QED) is 0.805. The van der Waals surface area contributed by atoms with Gasteiger partial charge in [-0.3, -0.25) is 0 Å². The van der Waals surface area contributed by atoms with E-state index in [4.69, 9.17) is 15.0 Å². The molecule has 0 aliphatic carbocycles. The van der Waals surface area contributed by atoms with E-state index in [0.29, 0.717) is 18.3 Å². The average molecular weight is 299 g/mol. The van der Waals surface area contributed by atoms with Crippen molar-refractivity contribution in [3.8, 4) is 5.75 Å².